The van der Waals surface area contributed by atoms with Crippen molar-refractivity contribution in [1.82, 2.24) is 10.6 Å². The van der Waals surface area contributed by atoms with E-state index in [1.165, 1.54) is 11.1 Å². The maximum atomic E-state index is 12.5. The minimum absolute atomic E-state index is 0.0625. The Balaban J connectivity index is 1.46. The average Bonchev–Trinajstić information content (AvgIpc) is 2.68. The normalized spacial score (nSPS) is 19.2. The van der Waals surface area contributed by atoms with Crippen LogP contribution < -0.4 is 21.3 Å². The molecule has 0 saturated heterocycles. The van der Waals surface area contributed by atoms with E-state index in [-0.39, 0.29) is 23.5 Å². The van der Waals surface area contributed by atoms with Gasteiger partial charge in [-0.2, -0.15) is 0 Å². The molecule has 0 heterocycles. The third-order valence-electron chi connectivity index (χ3n) is 6.55. The molecule has 2 aromatic carbocycles. The quantitative estimate of drug-likeness (QED) is 0.529. The number of urea groups is 2. The van der Waals surface area contributed by atoms with Gasteiger partial charge in [-0.3, -0.25) is 0 Å². The van der Waals surface area contributed by atoms with Crippen molar-refractivity contribution in [3.05, 3.63) is 58.7 Å². The van der Waals surface area contributed by atoms with Gasteiger partial charge in [0.2, 0.25) is 0 Å². The Hall–Kier alpha value is -3.02. The van der Waals surface area contributed by atoms with Gasteiger partial charge in [-0.15, -0.1) is 0 Å². The zero-order chi connectivity index (χ0) is 22.8. The lowest BCUT2D eigenvalue weighted by Crippen LogP contribution is -2.61. The number of hydrogen-bond donors (Lipinski definition) is 4. The summed E-state index contributed by atoms with van der Waals surface area (Å²) in [4.78, 5) is 24.8. The molecule has 6 nitrogen and oxygen atoms in total. The summed E-state index contributed by atoms with van der Waals surface area (Å²) >= 11 is 0. The fourth-order valence-electron chi connectivity index (χ4n) is 4.21. The number of benzene rings is 2. The first kappa shape index (κ1) is 22.7. The molecule has 3 rings (SSSR count). The van der Waals surface area contributed by atoms with Gasteiger partial charge in [-0.05, 0) is 68.7 Å². The summed E-state index contributed by atoms with van der Waals surface area (Å²) in [7, 11) is 0. The van der Waals surface area contributed by atoms with Gasteiger partial charge in [0.15, 0.2) is 0 Å². The van der Waals surface area contributed by atoms with Crippen molar-refractivity contribution in [3.63, 3.8) is 0 Å². The van der Waals surface area contributed by atoms with E-state index in [1.807, 2.05) is 64.1 Å². The van der Waals surface area contributed by atoms with Crippen LogP contribution >= 0.6 is 0 Å². The number of aryl methyl sites for hydroxylation is 4. The van der Waals surface area contributed by atoms with Gasteiger partial charge >= 0.3 is 12.1 Å². The smallest absolute Gasteiger partial charge is 0.319 e. The first-order valence-corrected chi connectivity index (χ1v) is 10.8. The van der Waals surface area contributed by atoms with E-state index in [1.54, 1.807) is 0 Å². The molecule has 166 valence electrons. The molecule has 1 fully saturated rings. The number of nitrogens with one attached hydrogen (secondary N) is 4. The molecule has 0 unspecified atom stereocenters. The Bertz CT molecular complexity index is 983. The molecule has 1 aliphatic rings. The molecule has 0 aromatic heterocycles. The predicted octanol–water partition coefficient (Wildman–Crippen LogP) is 5.28. The Morgan fingerprint density at radius 2 is 1.39 bits per heavy atom. The Labute approximate surface area is 185 Å². The molecule has 2 aromatic rings. The summed E-state index contributed by atoms with van der Waals surface area (Å²) < 4.78 is 0. The van der Waals surface area contributed by atoms with E-state index in [2.05, 4.69) is 35.1 Å². The highest BCUT2D eigenvalue weighted by atomic mass is 16.2. The standard InChI is InChI=1S/C25H34N4O2/c1-15-7-9-20(17(3)11-15)27-23(30)26-14-19-13-22(25(19,5)6)29-24(31)28-21-10-8-16(2)12-18(21)4/h7-12,19,22H,13-14H2,1-6H3,(H2,26,27,30)(H2,28,29,31)/t19-,22+/m0/s1. The second-order valence-electron chi connectivity index (χ2n) is 9.38. The Morgan fingerprint density at radius 3 is 1.87 bits per heavy atom. The molecular weight excluding hydrogens is 388 g/mol. The third kappa shape index (κ3) is 5.37. The molecule has 4 N–H and O–H groups in total. The average molecular weight is 423 g/mol. The van der Waals surface area contributed by atoms with Crippen LogP contribution in [-0.2, 0) is 0 Å². The van der Waals surface area contributed by atoms with Gasteiger partial charge in [0.1, 0.15) is 0 Å². The molecule has 0 bridgehead atoms. The minimum atomic E-state index is -0.202. The van der Waals surface area contributed by atoms with Crippen LogP contribution in [0.5, 0.6) is 0 Å². The number of carbonyl (C=O) groups is 2. The number of anilines is 2. The number of carbonyl (C=O) groups excluding carboxylic acids is 2. The second-order valence-corrected chi connectivity index (χ2v) is 9.38. The summed E-state index contributed by atoms with van der Waals surface area (Å²) in [6.45, 7) is 12.9. The molecule has 4 amide bonds. The van der Waals surface area contributed by atoms with Gasteiger partial charge in [-0.25, -0.2) is 9.59 Å². The second kappa shape index (κ2) is 9.00. The van der Waals surface area contributed by atoms with Crippen molar-refractivity contribution in [2.75, 3.05) is 17.2 Å². The maximum Gasteiger partial charge on any atom is 0.319 e. The maximum absolute atomic E-state index is 12.5. The molecule has 6 heteroatoms. The van der Waals surface area contributed by atoms with Crippen molar-refractivity contribution in [2.45, 2.75) is 54.0 Å². The van der Waals surface area contributed by atoms with E-state index in [0.717, 1.165) is 28.9 Å². The lowest BCUT2D eigenvalue weighted by Gasteiger charge is -2.52. The zero-order valence-electron chi connectivity index (χ0n) is 19.3. The lowest BCUT2D eigenvalue weighted by molar-refractivity contribution is 0.0244. The van der Waals surface area contributed by atoms with Crippen molar-refractivity contribution >= 4 is 23.4 Å². The Morgan fingerprint density at radius 1 is 0.871 bits per heavy atom. The van der Waals surface area contributed by atoms with Gasteiger partial charge < -0.3 is 21.3 Å². The largest absolute Gasteiger partial charge is 0.338 e. The van der Waals surface area contributed by atoms with Crippen LogP contribution in [0.25, 0.3) is 0 Å². The van der Waals surface area contributed by atoms with E-state index in [9.17, 15) is 9.59 Å². The van der Waals surface area contributed by atoms with Crippen molar-refractivity contribution in [2.24, 2.45) is 11.3 Å². The molecule has 0 radical (unpaired) electrons. The van der Waals surface area contributed by atoms with Gasteiger partial charge in [0, 0.05) is 24.0 Å². The number of amides is 4. The highest BCUT2D eigenvalue weighted by Gasteiger charge is 2.48. The first-order valence-electron chi connectivity index (χ1n) is 10.8. The van der Waals surface area contributed by atoms with Gasteiger partial charge in [0.25, 0.3) is 0 Å². The van der Waals surface area contributed by atoms with Crippen LogP contribution in [0.1, 0.15) is 42.5 Å². The highest BCUT2D eigenvalue weighted by Crippen LogP contribution is 2.45. The van der Waals surface area contributed by atoms with E-state index in [0.29, 0.717) is 12.5 Å². The molecule has 31 heavy (non-hydrogen) atoms. The summed E-state index contributed by atoms with van der Waals surface area (Å²) in [6.07, 6.45) is 0.830. The van der Waals surface area contributed by atoms with Crippen LogP contribution in [0.3, 0.4) is 0 Å². The van der Waals surface area contributed by atoms with Gasteiger partial charge in [-0.1, -0.05) is 49.2 Å². The Kier molecular flexibility index (Phi) is 6.58. The van der Waals surface area contributed by atoms with E-state index >= 15 is 0 Å². The van der Waals surface area contributed by atoms with Crippen LogP contribution in [0, 0.1) is 39.0 Å². The molecule has 1 saturated carbocycles. The third-order valence-corrected chi connectivity index (χ3v) is 6.55. The molecule has 0 aliphatic heterocycles. The molecule has 0 spiro atoms. The number of hydrogen-bond acceptors (Lipinski definition) is 2. The van der Waals surface area contributed by atoms with Crippen molar-refractivity contribution < 1.29 is 9.59 Å². The highest BCUT2D eigenvalue weighted by molar-refractivity contribution is 5.91. The van der Waals surface area contributed by atoms with Crippen LogP contribution in [0.2, 0.25) is 0 Å². The monoisotopic (exact) mass is 422 g/mol. The predicted molar refractivity (Wildman–Crippen MR) is 127 cm³/mol. The van der Waals surface area contributed by atoms with Crippen LogP contribution in [-0.4, -0.2) is 24.6 Å². The molecule has 2 atom stereocenters. The fraction of sp³-hybridized carbons (Fsp3) is 0.440. The SMILES string of the molecule is Cc1ccc(NC(=O)NC[C@@H]2C[C@@H](NC(=O)Nc3ccc(C)cc3C)C2(C)C)c(C)c1. The summed E-state index contributed by atoms with van der Waals surface area (Å²) in [5, 5.41) is 11.9. The van der Waals surface area contributed by atoms with Crippen molar-refractivity contribution in [3.8, 4) is 0 Å². The van der Waals surface area contributed by atoms with Gasteiger partial charge in [0.05, 0.1) is 0 Å². The summed E-state index contributed by atoms with van der Waals surface area (Å²) in [5.74, 6) is 0.295. The number of rotatable bonds is 5. The topological polar surface area (TPSA) is 82.3 Å². The summed E-state index contributed by atoms with van der Waals surface area (Å²) in [6, 6.07) is 11.6. The fourth-order valence-corrected chi connectivity index (χ4v) is 4.21. The van der Waals surface area contributed by atoms with Crippen molar-refractivity contribution in [1.29, 1.82) is 0 Å². The first-order chi connectivity index (χ1) is 14.6. The van der Waals surface area contributed by atoms with E-state index in [4.69, 9.17) is 0 Å². The van der Waals surface area contributed by atoms with Crippen LogP contribution in [0.15, 0.2) is 36.4 Å². The van der Waals surface area contributed by atoms with E-state index < -0.39 is 0 Å². The molecule has 1 aliphatic carbocycles. The van der Waals surface area contributed by atoms with Crippen LogP contribution in [0.4, 0.5) is 21.0 Å². The lowest BCUT2D eigenvalue weighted by atomic mass is 9.58. The molecular formula is C25H34N4O2. The summed E-state index contributed by atoms with van der Waals surface area (Å²) in [5.41, 5.74) is 5.95. The zero-order valence-corrected chi connectivity index (χ0v) is 19.3. The minimum Gasteiger partial charge on any atom is -0.338 e.